The highest BCUT2D eigenvalue weighted by Gasteiger charge is 2.06. The zero-order valence-corrected chi connectivity index (χ0v) is 9.59. The molecule has 0 amide bonds. The van der Waals surface area contributed by atoms with Crippen LogP contribution in [0.15, 0.2) is 0 Å². The first kappa shape index (κ1) is 11.7. The van der Waals surface area contributed by atoms with Crippen LogP contribution in [0.3, 0.4) is 0 Å². The van der Waals surface area contributed by atoms with Gasteiger partial charge in [-0.15, -0.1) is 0 Å². The van der Waals surface area contributed by atoms with E-state index in [4.69, 9.17) is 5.84 Å². The van der Waals surface area contributed by atoms with Gasteiger partial charge in [0.05, 0.1) is 0 Å². The number of nitrogens with zero attached hydrogens (tertiary/aromatic N) is 2. The Labute approximate surface area is 90.5 Å². The standard InChI is InChI=1S/C10H19N5/c1-4-5-6-12-9-7(2)10(15-11)14-8(3)13-9/h4-6,11H2,1-3H3,(H2,12,13,14,15). The molecule has 0 spiro atoms. The summed E-state index contributed by atoms with van der Waals surface area (Å²) in [6.45, 7) is 6.89. The lowest BCUT2D eigenvalue weighted by molar-refractivity contribution is 0.827. The lowest BCUT2D eigenvalue weighted by Crippen LogP contribution is -2.14. The van der Waals surface area contributed by atoms with E-state index >= 15 is 0 Å². The van der Waals surface area contributed by atoms with Crippen molar-refractivity contribution >= 4 is 11.6 Å². The predicted octanol–water partition coefficient (Wildman–Crippen LogP) is 1.59. The summed E-state index contributed by atoms with van der Waals surface area (Å²) in [6.07, 6.45) is 2.30. The van der Waals surface area contributed by atoms with Gasteiger partial charge in [0.2, 0.25) is 0 Å². The zero-order valence-electron chi connectivity index (χ0n) is 9.59. The van der Waals surface area contributed by atoms with E-state index in [0.717, 1.165) is 30.8 Å². The van der Waals surface area contributed by atoms with Crippen LogP contribution in [-0.4, -0.2) is 16.5 Å². The molecule has 0 aliphatic rings. The molecule has 0 aliphatic carbocycles. The molecular weight excluding hydrogens is 190 g/mol. The van der Waals surface area contributed by atoms with E-state index in [1.165, 1.54) is 0 Å². The Hall–Kier alpha value is -1.36. The number of nitrogen functional groups attached to an aromatic ring is 1. The molecule has 4 N–H and O–H groups in total. The van der Waals surface area contributed by atoms with Gasteiger partial charge in [-0.25, -0.2) is 15.8 Å². The highest BCUT2D eigenvalue weighted by molar-refractivity contribution is 5.56. The smallest absolute Gasteiger partial charge is 0.148 e. The van der Waals surface area contributed by atoms with Crippen molar-refractivity contribution in [2.24, 2.45) is 5.84 Å². The topological polar surface area (TPSA) is 75.9 Å². The Kier molecular flexibility index (Phi) is 4.30. The van der Waals surface area contributed by atoms with Gasteiger partial charge in [0, 0.05) is 12.1 Å². The van der Waals surface area contributed by atoms with E-state index < -0.39 is 0 Å². The van der Waals surface area contributed by atoms with Crippen LogP contribution in [0.5, 0.6) is 0 Å². The van der Waals surface area contributed by atoms with Crippen LogP contribution >= 0.6 is 0 Å². The SMILES string of the molecule is CCCCNc1nc(C)nc(NN)c1C. The van der Waals surface area contributed by atoms with Crippen LogP contribution in [0.2, 0.25) is 0 Å². The van der Waals surface area contributed by atoms with E-state index in [9.17, 15) is 0 Å². The molecule has 0 saturated heterocycles. The number of anilines is 2. The number of rotatable bonds is 5. The summed E-state index contributed by atoms with van der Waals surface area (Å²) in [5.74, 6) is 7.64. The van der Waals surface area contributed by atoms with Gasteiger partial charge in [0.25, 0.3) is 0 Å². The first-order chi connectivity index (χ1) is 7.19. The molecule has 0 unspecified atom stereocenters. The quantitative estimate of drug-likeness (QED) is 0.390. The maximum absolute atomic E-state index is 5.38. The van der Waals surface area contributed by atoms with Crippen LogP contribution in [0, 0.1) is 13.8 Å². The van der Waals surface area contributed by atoms with Gasteiger partial charge < -0.3 is 10.7 Å². The predicted molar refractivity (Wildman–Crippen MR) is 62.7 cm³/mol. The first-order valence-electron chi connectivity index (χ1n) is 5.24. The summed E-state index contributed by atoms with van der Waals surface area (Å²) in [7, 11) is 0. The van der Waals surface area contributed by atoms with Crippen molar-refractivity contribution in [2.75, 3.05) is 17.3 Å². The number of hydrazine groups is 1. The second-order valence-electron chi connectivity index (χ2n) is 3.52. The van der Waals surface area contributed by atoms with Crippen molar-refractivity contribution in [3.63, 3.8) is 0 Å². The van der Waals surface area contributed by atoms with Gasteiger partial charge in [-0.3, -0.25) is 0 Å². The second kappa shape index (κ2) is 5.50. The van der Waals surface area contributed by atoms with Crippen LogP contribution < -0.4 is 16.6 Å². The Morgan fingerprint density at radius 1 is 1.20 bits per heavy atom. The summed E-state index contributed by atoms with van der Waals surface area (Å²) >= 11 is 0. The van der Waals surface area contributed by atoms with E-state index in [2.05, 4.69) is 27.6 Å². The molecule has 84 valence electrons. The molecule has 1 heterocycles. The highest BCUT2D eigenvalue weighted by Crippen LogP contribution is 2.18. The van der Waals surface area contributed by atoms with E-state index in [1.807, 2.05) is 13.8 Å². The average molecular weight is 209 g/mol. The Morgan fingerprint density at radius 2 is 1.87 bits per heavy atom. The van der Waals surface area contributed by atoms with Gasteiger partial charge in [0.15, 0.2) is 0 Å². The monoisotopic (exact) mass is 209 g/mol. The number of nitrogens with one attached hydrogen (secondary N) is 2. The minimum absolute atomic E-state index is 0.682. The van der Waals surface area contributed by atoms with Crippen molar-refractivity contribution in [1.82, 2.24) is 9.97 Å². The molecule has 0 fully saturated rings. The molecular formula is C10H19N5. The highest BCUT2D eigenvalue weighted by atomic mass is 15.3. The molecule has 5 heteroatoms. The van der Waals surface area contributed by atoms with Gasteiger partial charge in [0.1, 0.15) is 17.5 Å². The van der Waals surface area contributed by atoms with Crippen molar-refractivity contribution in [1.29, 1.82) is 0 Å². The van der Waals surface area contributed by atoms with Crippen LogP contribution in [0.1, 0.15) is 31.2 Å². The van der Waals surface area contributed by atoms with Crippen LogP contribution in [-0.2, 0) is 0 Å². The summed E-state index contributed by atoms with van der Waals surface area (Å²) in [4.78, 5) is 8.53. The van der Waals surface area contributed by atoms with Gasteiger partial charge in [-0.2, -0.15) is 0 Å². The molecule has 0 saturated carbocycles. The maximum atomic E-state index is 5.38. The molecule has 0 atom stereocenters. The molecule has 0 radical (unpaired) electrons. The third-order valence-electron chi connectivity index (χ3n) is 2.22. The first-order valence-corrected chi connectivity index (χ1v) is 5.24. The third kappa shape index (κ3) is 3.06. The minimum Gasteiger partial charge on any atom is -0.370 e. The molecule has 0 bridgehead atoms. The molecule has 15 heavy (non-hydrogen) atoms. The average Bonchev–Trinajstić information content (AvgIpc) is 2.23. The summed E-state index contributed by atoms with van der Waals surface area (Å²) in [5, 5.41) is 3.28. The molecule has 5 nitrogen and oxygen atoms in total. The Balaban J connectivity index is 2.81. The number of hydrogen-bond donors (Lipinski definition) is 3. The van der Waals surface area contributed by atoms with Crippen molar-refractivity contribution in [3.05, 3.63) is 11.4 Å². The van der Waals surface area contributed by atoms with Crippen LogP contribution in [0.4, 0.5) is 11.6 Å². The fourth-order valence-electron chi connectivity index (χ4n) is 1.32. The summed E-state index contributed by atoms with van der Waals surface area (Å²) < 4.78 is 0. The normalized spacial score (nSPS) is 10.1. The van der Waals surface area contributed by atoms with Crippen molar-refractivity contribution in [2.45, 2.75) is 33.6 Å². The molecule has 1 aromatic heterocycles. The Bertz CT molecular complexity index is 324. The van der Waals surface area contributed by atoms with E-state index in [1.54, 1.807) is 0 Å². The molecule has 1 aromatic rings. The lowest BCUT2D eigenvalue weighted by Gasteiger charge is -2.11. The number of hydrogen-bond acceptors (Lipinski definition) is 5. The van der Waals surface area contributed by atoms with E-state index in [0.29, 0.717) is 11.6 Å². The van der Waals surface area contributed by atoms with Crippen molar-refractivity contribution < 1.29 is 0 Å². The van der Waals surface area contributed by atoms with Gasteiger partial charge in [-0.1, -0.05) is 13.3 Å². The number of nitrogens with two attached hydrogens (primary N) is 1. The molecule has 0 aromatic carbocycles. The van der Waals surface area contributed by atoms with Gasteiger partial charge in [-0.05, 0) is 20.3 Å². The zero-order chi connectivity index (χ0) is 11.3. The van der Waals surface area contributed by atoms with Crippen molar-refractivity contribution in [3.8, 4) is 0 Å². The largest absolute Gasteiger partial charge is 0.370 e. The third-order valence-corrected chi connectivity index (χ3v) is 2.22. The van der Waals surface area contributed by atoms with Gasteiger partial charge >= 0.3 is 0 Å². The second-order valence-corrected chi connectivity index (χ2v) is 3.52. The lowest BCUT2D eigenvalue weighted by atomic mass is 10.3. The fourth-order valence-corrected chi connectivity index (χ4v) is 1.32. The minimum atomic E-state index is 0.682. The van der Waals surface area contributed by atoms with E-state index in [-0.39, 0.29) is 0 Å². The number of aryl methyl sites for hydroxylation is 1. The molecule has 0 aliphatic heterocycles. The fraction of sp³-hybridized carbons (Fsp3) is 0.600. The summed E-state index contributed by atoms with van der Waals surface area (Å²) in [6, 6.07) is 0. The number of unbranched alkanes of at least 4 members (excludes halogenated alkanes) is 1. The number of aromatic nitrogens is 2. The molecule has 1 rings (SSSR count). The maximum Gasteiger partial charge on any atom is 0.148 e. The Morgan fingerprint density at radius 3 is 2.47 bits per heavy atom. The summed E-state index contributed by atoms with van der Waals surface area (Å²) in [5.41, 5.74) is 3.53. The van der Waals surface area contributed by atoms with Crippen LogP contribution in [0.25, 0.3) is 0 Å².